The number of para-hydroxylation sites is 1. The van der Waals surface area contributed by atoms with Gasteiger partial charge in [-0.15, -0.1) is 0 Å². The molecule has 4 saturated carbocycles. The fourth-order valence-electron chi connectivity index (χ4n) is 9.64. The molecule has 2 aliphatic heterocycles. The number of fused-ring (bicyclic) bond motifs is 6. The van der Waals surface area contributed by atoms with E-state index >= 15 is 4.79 Å². The van der Waals surface area contributed by atoms with Crippen LogP contribution >= 0.6 is 0 Å². The maximum atomic E-state index is 15.6. The summed E-state index contributed by atoms with van der Waals surface area (Å²) in [6.07, 6.45) is 3.12. The van der Waals surface area contributed by atoms with E-state index in [0.29, 0.717) is 23.3 Å². The maximum absolute atomic E-state index is 15.6. The van der Waals surface area contributed by atoms with Gasteiger partial charge in [0.2, 0.25) is 21.5 Å². The fourth-order valence-corrected chi connectivity index (χ4v) is 10.8. The second-order valence-electron chi connectivity index (χ2n) is 14.2. The second kappa shape index (κ2) is 11.3. The number of benzene rings is 2. The molecule has 0 spiro atoms. The average molecular weight is 663 g/mol. The van der Waals surface area contributed by atoms with Crippen molar-refractivity contribution >= 4 is 45.2 Å². The van der Waals surface area contributed by atoms with Crippen molar-refractivity contribution < 1.29 is 37.5 Å². The molecule has 13 heteroatoms. The smallest absolute Gasteiger partial charge is 0.342 e. The van der Waals surface area contributed by atoms with Crippen molar-refractivity contribution in [3.05, 3.63) is 59.7 Å². The zero-order valence-corrected chi connectivity index (χ0v) is 26.9. The number of carbonyl (C=O) groups excluding carboxylic acids is 4. The summed E-state index contributed by atoms with van der Waals surface area (Å²) in [5.74, 6) is -3.25. The first-order chi connectivity index (χ1) is 22.3. The van der Waals surface area contributed by atoms with E-state index in [4.69, 9.17) is 0 Å². The number of nitrogens with one attached hydrogen (secondary N) is 2. The van der Waals surface area contributed by atoms with Gasteiger partial charge in [-0.05, 0) is 97.9 Å². The molecule has 2 aromatic rings. The number of aliphatic carboxylic acids is 1. The summed E-state index contributed by atoms with van der Waals surface area (Å²) in [7, 11) is -4.47. The van der Waals surface area contributed by atoms with E-state index in [0.717, 1.165) is 43.4 Å². The molecule has 47 heavy (non-hydrogen) atoms. The zero-order valence-electron chi connectivity index (χ0n) is 26.1. The molecule has 1 unspecified atom stereocenters. The summed E-state index contributed by atoms with van der Waals surface area (Å²) < 4.78 is 29.0. The quantitative estimate of drug-likeness (QED) is 0.422. The van der Waals surface area contributed by atoms with Gasteiger partial charge in [-0.3, -0.25) is 19.2 Å². The summed E-state index contributed by atoms with van der Waals surface area (Å²) in [6, 6.07) is 12.3. The molecule has 2 atom stereocenters. The number of nitrogens with zero attached hydrogens (tertiary/aromatic N) is 2. The van der Waals surface area contributed by atoms with E-state index in [-0.39, 0.29) is 47.9 Å². The first-order valence-corrected chi connectivity index (χ1v) is 17.7. The van der Waals surface area contributed by atoms with E-state index in [2.05, 4.69) is 10.0 Å². The highest BCUT2D eigenvalue weighted by Gasteiger charge is 2.62. The molecule has 0 radical (unpaired) electrons. The third-order valence-corrected chi connectivity index (χ3v) is 12.4. The molecule has 3 amide bonds. The van der Waals surface area contributed by atoms with E-state index in [1.165, 1.54) is 30.0 Å². The number of rotatable bonds is 3. The molecule has 8 rings (SSSR count). The van der Waals surface area contributed by atoms with Crippen molar-refractivity contribution in [1.29, 1.82) is 0 Å². The Morgan fingerprint density at radius 3 is 2.26 bits per heavy atom. The van der Waals surface area contributed by atoms with Crippen LogP contribution in [-0.2, 0) is 35.7 Å². The highest BCUT2D eigenvalue weighted by Crippen LogP contribution is 2.63. The Hall–Kier alpha value is -4.10. The first kappa shape index (κ1) is 31.5. The lowest BCUT2D eigenvalue weighted by atomic mass is 9.47. The summed E-state index contributed by atoms with van der Waals surface area (Å²) >= 11 is 0. The van der Waals surface area contributed by atoms with Gasteiger partial charge in [0.1, 0.15) is 0 Å². The average Bonchev–Trinajstić information content (AvgIpc) is 3.03. The predicted octanol–water partition coefficient (Wildman–Crippen LogP) is 2.82. The highest BCUT2D eigenvalue weighted by atomic mass is 32.2. The molecule has 2 heterocycles. The monoisotopic (exact) mass is 662 g/mol. The molecular weight excluding hydrogens is 624 g/mol. The summed E-state index contributed by atoms with van der Waals surface area (Å²) in [5.41, 5.74) is -1.95. The van der Waals surface area contributed by atoms with Gasteiger partial charge in [-0.25, -0.2) is 13.2 Å². The minimum Gasteiger partial charge on any atom is -0.479 e. The molecule has 4 fully saturated rings. The van der Waals surface area contributed by atoms with Gasteiger partial charge in [0.25, 0.3) is 11.8 Å². The van der Waals surface area contributed by atoms with Gasteiger partial charge in [-0.1, -0.05) is 24.3 Å². The standard InChI is InChI=1S/C34H38N4O8S/c1-20(39)38-10-9-28(40)26-7-2-3-8-27(26)37-18-21-5-4-6-25(14-21)47(45,46)36-29(30(41)42)35-31(43)34(38,32(37)44)19-33-15-22-11-23(16-33)13-24(12-22)17-33/h2-8,14,22-24,29,36H,9-13,15-19H2,1H3,(H,35,43)(H,41,42)/t22?,23?,24?,29?,33?,34-/m1/s1. The lowest BCUT2D eigenvalue weighted by molar-refractivity contribution is -0.163. The summed E-state index contributed by atoms with van der Waals surface area (Å²) in [5, 5.41) is 12.5. The minimum absolute atomic E-state index is 0.0697. The Labute approximate surface area is 272 Å². The molecule has 3 N–H and O–H groups in total. The number of amides is 3. The molecule has 0 saturated heterocycles. The number of carbonyl (C=O) groups is 5. The van der Waals surface area contributed by atoms with Gasteiger partial charge in [-0.2, -0.15) is 4.72 Å². The number of carboxylic acids is 1. The van der Waals surface area contributed by atoms with Crippen LogP contribution in [0.15, 0.2) is 53.4 Å². The number of hydrogen-bond donors (Lipinski definition) is 3. The molecular formula is C34H38N4O8S. The predicted molar refractivity (Wildman–Crippen MR) is 168 cm³/mol. The van der Waals surface area contributed by atoms with Crippen LogP contribution in [0, 0.1) is 23.2 Å². The Bertz CT molecular complexity index is 1770. The largest absolute Gasteiger partial charge is 0.479 e. The van der Waals surface area contributed by atoms with Crippen LogP contribution in [0.25, 0.3) is 0 Å². The van der Waals surface area contributed by atoms with Crippen LogP contribution in [0.1, 0.15) is 74.2 Å². The van der Waals surface area contributed by atoms with Gasteiger partial charge in [0.05, 0.1) is 17.1 Å². The van der Waals surface area contributed by atoms with Crippen LogP contribution in [0.2, 0.25) is 0 Å². The van der Waals surface area contributed by atoms with Crippen molar-refractivity contribution in [2.45, 2.75) is 81.4 Å². The molecule has 4 aliphatic carbocycles. The SMILES string of the molecule is CC(=O)N1CCC(=O)c2ccccc2N2Cc3cccc(c3)S(=O)(=O)NC(C(=O)O)NC(=O)[C@]1(CC13CC4CC(CC(C4)C1)C3)C2=O. The number of carboxylic acid groups (broad SMARTS) is 1. The lowest BCUT2D eigenvalue weighted by Crippen LogP contribution is -2.72. The van der Waals surface area contributed by atoms with Crippen molar-refractivity contribution in [2.24, 2.45) is 23.2 Å². The Morgan fingerprint density at radius 1 is 0.957 bits per heavy atom. The minimum atomic E-state index is -4.47. The molecule has 6 aliphatic rings. The van der Waals surface area contributed by atoms with Crippen molar-refractivity contribution in [3.63, 3.8) is 0 Å². The second-order valence-corrected chi connectivity index (χ2v) is 15.9. The van der Waals surface area contributed by atoms with E-state index in [9.17, 15) is 32.7 Å². The Balaban J connectivity index is 1.50. The summed E-state index contributed by atoms with van der Waals surface area (Å²) in [6.45, 7) is 0.760. The van der Waals surface area contributed by atoms with Gasteiger partial charge in [0.15, 0.2) is 11.9 Å². The molecule has 0 aromatic heterocycles. The number of ketones is 1. The van der Waals surface area contributed by atoms with Crippen molar-refractivity contribution in [1.82, 2.24) is 14.9 Å². The molecule has 12 nitrogen and oxygen atoms in total. The van der Waals surface area contributed by atoms with Crippen LogP contribution in [-0.4, -0.2) is 66.1 Å². The molecule has 8 bridgehead atoms. The van der Waals surface area contributed by atoms with E-state index in [1.807, 2.05) is 0 Å². The van der Waals surface area contributed by atoms with Gasteiger partial charge in [0, 0.05) is 25.5 Å². The highest BCUT2D eigenvalue weighted by molar-refractivity contribution is 7.89. The van der Waals surface area contributed by atoms with Crippen LogP contribution in [0.3, 0.4) is 0 Å². The molecule has 248 valence electrons. The topological polar surface area (TPSA) is 170 Å². The lowest BCUT2D eigenvalue weighted by Gasteiger charge is -2.59. The number of hydrogen-bond acceptors (Lipinski definition) is 7. The van der Waals surface area contributed by atoms with Crippen molar-refractivity contribution in [3.8, 4) is 0 Å². The number of Topliss-reactive ketones (excluding diaryl/α,β-unsaturated/α-hetero) is 1. The fraction of sp³-hybridized carbons (Fsp3) is 0.500. The van der Waals surface area contributed by atoms with Gasteiger partial charge >= 0.3 is 5.97 Å². The normalized spacial score (nSPS) is 33.0. The molecule has 2 aromatic carbocycles. The Morgan fingerprint density at radius 2 is 1.62 bits per heavy atom. The third kappa shape index (κ3) is 5.33. The Kier molecular flexibility index (Phi) is 7.55. The van der Waals surface area contributed by atoms with Gasteiger partial charge < -0.3 is 20.2 Å². The number of anilines is 1. The maximum Gasteiger partial charge on any atom is 0.342 e. The van der Waals surface area contributed by atoms with Crippen LogP contribution in [0.4, 0.5) is 5.69 Å². The third-order valence-electron chi connectivity index (χ3n) is 11.0. The van der Waals surface area contributed by atoms with Crippen LogP contribution < -0.4 is 14.9 Å². The van der Waals surface area contributed by atoms with E-state index < -0.39 is 50.8 Å². The van der Waals surface area contributed by atoms with Crippen molar-refractivity contribution in [2.75, 3.05) is 11.4 Å². The number of sulfonamides is 1. The van der Waals surface area contributed by atoms with E-state index in [1.54, 1.807) is 30.3 Å². The summed E-state index contributed by atoms with van der Waals surface area (Å²) in [4.78, 5) is 72.8. The zero-order chi connectivity index (χ0) is 33.3. The van der Waals surface area contributed by atoms with Crippen LogP contribution in [0.5, 0.6) is 0 Å². The first-order valence-electron chi connectivity index (χ1n) is 16.2.